The largest absolute Gasteiger partial charge is 0.383 e. The van der Waals surface area contributed by atoms with E-state index in [9.17, 15) is 27.2 Å². The van der Waals surface area contributed by atoms with Crippen molar-refractivity contribution in [3.05, 3.63) is 0 Å². The maximum absolute atomic E-state index is 12.9. The Morgan fingerprint density at radius 2 is 2.00 bits per heavy atom. The second-order valence-corrected chi connectivity index (χ2v) is 4.24. The number of ketones is 1. The molecular formula is C9H10BrF4NO2. The van der Waals surface area contributed by atoms with Crippen LogP contribution in [0.2, 0.25) is 0 Å². The molecular weight excluding hydrogens is 310 g/mol. The van der Waals surface area contributed by atoms with Crippen molar-refractivity contribution in [2.45, 2.75) is 31.2 Å². The fourth-order valence-electron chi connectivity index (χ4n) is 1.72. The molecule has 0 aromatic heterocycles. The van der Waals surface area contributed by atoms with Crippen molar-refractivity contribution >= 4 is 27.6 Å². The molecule has 8 heteroatoms. The maximum atomic E-state index is 12.9. The fraction of sp³-hybridized carbons (Fsp3) is 0.778. The summed E-state index contributed by atoms with van der Waals surface area (Å²) in [5.41, 5.74) is 0. The molecule has 1 rings (SSSR count). The number of rotatable bonds is 4. The normalized spacial score (nSPS) is 21.1. The molecule has 0 aliphatic carbocycles. The molecule has 1 aliphatic heterocycles. The van der Waals surface area contributed by atoms with E-state index in [1.54, 1.807) is 0 Å². The number of amides is 1. The molecule has 98 valence electrons. The van der Waals surface area contributed by atoms with E-state index in [1.165, 1.54) is 0 Å². The number of halogens is 5. The predicted molar refractivity (Wildman–Crippen MR) is 54.5 cm³/mol. The zero-order valence-electron chi connectivity index (χ0n) is 8.64. The Morgan fingerprint density at radius 1 is 1.41 bits per heavy atom. The third-order valence-electron chi connectivity index (χ3n) is 2.58. The van der Waals surface area contributed by atoms with Gasteiger partial charge in [0.2, 0.25) is 0 Å². The lowest BCUT2D eigenvalue weighted by atomic mass is 10.1. The number of alkyl halides is 5. The Kier molecular flexibility index (Phi) is 4.51. The highest BCUT2D eigenvalue weighted by Gasteiger charge is 2.53. The van der Waals surface area contributed by atoms with Gasteiger partial charge in [-0.1, -0.05) is 15.9 Å². The minimum Gasteiger partial charge on any atom is -0.327 e. The average Bonchev–Trinajstić information content (AvgIpc) is 2.75. The van der Waals surface area contributed by atoms with E-state index >= 15 is 0 Å². The molecule has 1 atom stereocenters. The number of carbonyl (C=O) groups is 2. The van der Waals surface area contributed by atoms with E-state index in [1.807, 2.05) is 0 Å². The fourth-order valence-corrected chi connectivity index (χ4v) is 2.09. The summed E-state index contributed by atoms with van der Waals surface area (Å²) < 4.78 is 49.8. The number of nitrogens with zero attached hydrogens (tertiary/aromatic N) is 1. The first-order chi connectivity index (χ1) is 7.82. The Labute approximate surface area is 103 Å². The topological polar surface area (TPSA) is 37.4 Å². The van der Waals surface area contributed by atoms with Crippen molar-refractivity contribution in [2.24, 2.45) is 0 Å². The zero-order chi connectivity index (χ0) is 13.2. The Balaban J connectivity index is 2.85. The van der Waals surface area contributed by atoms with Crippen LogP contribution < -0.4 is 0 Å². The van der Waals surface area contributed by atoms with Crippen molar-refractivity contribution in [3.63, 3.8) is 0 Å². The third kappa shape index (κ3) is 2.78. The number of Topliss-reactive ketones (excluding diaryl/α,β-unsaturated/α-hetero) is 1. The molecule has 17 heavy (non-hydrogen) atoms. The SMILES string of the molecule is O=C(CBr)[C@@H]1CCCN1C(=O)C(F)(F)C(F)F. The van der Waals surface area contributed by atoms with E-state index in [0.29, 0.717) is 11.3 Å². The molecule has 0 radical (unpaired) electrons. The summed E-state index contributed by atoms with van der Waals surface area (Å²) >= 11 is 2.86. The molecule has 1 saturated heterocycles. The minimum atomic E-state index is -4.73. The standard InChI is InChI=1S/C9H10BrF4NO2/c10-4-6(16)5-2-1-3-15(5)8(17)9(13,14)7(11)12/h5,7H,1-4H2/t5-/m0/s1. The first kappa shape index (κ1) is 14.4. The molecule has 0 N–H and O–H groups in total. The van der Waals surface area contributed by atoms with E-state index in [0.717, 1.165) is 0 Å². The van der Waals surface area contributed by atoms with Crippen LogP contribution in [-0.4, -0.2) is 46.9 Å². The van der Waals surface area contributed by atoms with Gasteiger partial charge in [-0.3, -0.25) is 9.59 Å². The van der Waals surface area contributed by atoms with Crippen molar-refractivity contribution < 1.29 is 27.2 Å². The van der Waals surface area contributed by atoms with Crippen LogP contribution in [0.1, 0.15) is 12.8 Å². The van der Waals surface area contributed by atoms with Crippen molar-refractivity contribution in [2.75, 3.05) is 11.9 Å². The van der Waals surface area contributed by atoms with Crippen LogP contribution in [0, 0.1) is 0 Å². The van der Waals surface area contributed by atoms with E-state index in [4.69, 9.17) is 0 Å². The number of hydrogen-bond acceptors (Lipinski definition) is 2. The zero-order valence-corrected chi connectivity index (χ0v) is 10.2. The van der Waals surface area contributed by atoms with Crippen LogP contribution in [-0.2, 0) is 9.59 Å². The summed E-state index contributed by atoms with van der Waals surface area (Å²) in [6, 6.07) is -1.02. The lowest BCUT2D eigenvalue weighted by molar-refractivity contribution is -0.181. The van der Waals surface area contributed by atoms with Crippen molar-refractivity contribution in [1.29, 1.82) is 0 Å². The number of hydrogen-bond donors (Lipinski definition) is 0. The van der Waals surface area contributed by atoms with Gasteiger partial charge in [-0.15, -0.1) is 0 Å². The third-order valence-corrected chi connectivity index (χ3v) is 3.13. The van der Waals surface area contributed by atoms with Gasteiger partial charge in [0, 0.05) is 6.54 Å². The summed E-state index contributed by atoms with van der Waals surface area (Å²) in [4.78, 5) is 23.2. The van der Waals surface area contributed by atoms with Crippen molar-refractivity contribution in [3.8, 4) is 0 Å². The molecule has 1 amide bonds. The summed E-state index contributed by atoms with van der Waals surface area (Å²) in [7, 11) is 0. The Morgan fingerprint density at radius 3 is 2.47 bits per heavy atom. The summed E-state index contributed by atoms with van der Waals surface area (Å²) in [6.07, 6.45) is -3.47. The highest BCUT2D eigenvalue weighted by Crippen LogP contribution is 2.29. The highest BCUT2D eigenvalue weighted by molar-refractivity contribution is 9.09. The molecule has 3 nitrogen and oxygen atoms in total. The van der Waals surface area contributed by atoms with Crippen molar-refractivity contribution in [1.82, 2.24) is 4.90 Å². The summed E-state index contributed by atoms with van der Waals surface area (Å²) in [5, 5.41) is -0.0955. The summed E-state index contributed by atoms with van der Waals surface area (Å²) in [5.74, 6) is -7.15. The molecule has 0 spiro atoms. The van der Waals surface area contributed by atoms with Crippen LogP contribution in [0.5, 0.6) is 0 Å². The molecule has 0 unspecified atom stereocenters. The van der Waals surface area contributed by atoms with Gasteiger partial charge in [0.1, 0.15) is 0 Å². The second-order valence-electron chi connectivity index (χ2n) is 3.68. The van der Waals surface area contributed by atoms with Gasteiger partial charge >= 0.3 is 12.3 Å². The second kappa shape index (κ2) is 5.32. The first-order valence-electron chi connectivity index (χ1n) is 4.88. The quantitative estimate of drug-likeness (QED) is 0.586. The molecule has 0 aromatic carbocycles. The van der Waals surface area contributed by atoms with Gasteiger partial charge in [0.25, 0.3) is 5.91 Å². The molecule has 1 fully saturated rings. The number of carbonyl (C=O) groups excluding carboxylic acids is 2. The minimum absolute atomic E-state index is 0.0927. The molecule has 1 heterocycles. The van der Waals surface area contributed by atoms with Crippen LogP contribution in [0.4, 0.5) is 17.6 Å². The molecule has 0 bridgehead atoms. The van der Waals surface area contributed by atoms with Gasteiger partial charge in [-0.05, 0) is 12.8 Å². The Hall–Kier alpha value is -0.660. The lowest BCUT2D eigenvalue weighted by Gasteiger charge is -2.26. The van der Waals surface area contributed by atoms with Crippen LogP contribution in [0.25, 0.3) is 0 Å². The van der Waals surface area contributed by atoms with Gasteiger partial charge in [-0.2, -0.15) is 8.78 Å². The number of likely N-dealkylation sites (tertiary alicyclic amines) is 1. The van der Waals surface area contributed by atoms with Gasteiger partial charge in [-0.25, -0.2) is 8.78 Å². The molecule has 0 saturated carbocycles. The van der Waals surface area contributed by atoms with Gasteiger partial charge in [0.15, 0.2) is 5.78 Å². The lowest BCUT2D eigenvalue weighted by Crippen LogP contribution is -2.51. The van der Waals surface area contributed by atoms with E-state index in [-0.39, 0.29) is 18.3 Å². The molecule has 1 aliphatic rings. The highest BCUT2D eigenvalue weighted by atomic mass is 79.9. The Bertz CT molecular complexity index is 324. The van der Waals surface area contributed by atoms with E-state index in [2.05, 4.69) is 15.9 Å². The van der Waals surface area contributed by atoms with Crippen LogP contribution >= 0.6 is 15.9 Å². The van der Waals surface area contributed by atoms with Crippen LogP contribution in [0.15, 0.2) is 0 Å². The smallest absolute Gasteiger partial charge is 0.327 e. The van der Waals surface area contributed by atoms with E-state index < -0.39 is 30.1 Å². The first-order valence-corrected chi connectivity index (χ1v) is 6.00. The van der Waals surface area contributed by atoms with Gasteiger partial charge < -0.3 is 4.90 Å². The van der Waals surface area contributed by atoms with Crippen LogP contribution in [0.3, 0.4) is 0 Å². The molecule has 0 aromatic rings. The maximum Gasteiger partial charge on any atom is 0.383 e. The monoisotopic (exact) mass is 319 g/mol. The predicted octanol–water partition coefficient (Wildman–Crippen LogP) is 1.84. The average molecular weight is 320 g/mol. The summed E-state index contributed by atoms with van der Waals surface area (Å²) in [6.45, 7) is -0.0927. The van der Waals surface area contributed by atoms with Gasteiger partial charge in [0.05, 0.1) is 11.4 Å².